The van der Waals surface area contributed by atoms with E-state index in [0.29, 0.717) is 13.1 Å². The zero-order valence-electron chi connectivity index (χ0n) is 17.0. The third kappa shape index (κ3) is 4.13. The first-order valence-electron chi connectivity index (χ1n) is 10.1. The first kappa shape index (κ1) is 19.8. The standard InChI is InChI=1S/C23H27N3O2S/c1-17-5-3-7-19(15-17)21(27)26-13-14-29-23(26)9-11-25(12-10-23)22(28)24-20-8-4-6-18(2)16-20/h3-8,15-16H,9-14H2,1-2H3,(H,24,28). The Hall–Kier alpha value is -2.47. The molecule has 0 radical (unpaired) electrons. The number of anilines is 1. The van der Waals surface area contributed by atoms with Crippen molar-refractivity contribution < 1.29 is 9.59 Å². The molecule has 1 N–H and O–H groups in total. The van der Waals surface area contributed by atoms with Gasteiger partial charge in [-0.15, -0.1) is 11.8 Å². The number of carbonyl (C=O) groups is 2. The van der Waals surface area contributed by atoms with E-state index in [1.54, 1.807) is 0 Å². The van der Waals surface area contributed by atoms with E-state index in [-0.39, 0.29) is 16.8 Å². The van der Waals surface area contributed by atoms with E-state index in [2.05, 4.69) is 5.32 Å². The van der Waals surface area contributed by atoms with Gasteiger partial charge in [0.05, 0.1) is 4.87 Å². The zero-order chi connectivity index (χ0) is 20.4. The normalized spacial score (nSPS) is 18.1. The van der Waals surface area contributed by atoms with E-state index >= 15 is 0 Å². The van der Waals surface area contributed by atoms with Gasteiger partial charge in [0.15, 0.2) is 0 Å². The largest absolute Gasteiger partial charge is 0.324 e. The van der Waals surface area contributed by atoms with Crippen molar-refractivity contribution in [2.24, 2.45) is 0 Å². The van der Waals surface area contributed by atoms with E-state index < -0.39 is 0 Å². The average molecular weight is 410 g/mol. The van der Waals surface area contributed by atoms with Gasteiger partial charge in [0, 0.05) is 36.6 Å². The Kier molecular flexibility index (Phi) is 5.54. The first-order valence-corrected chi connectivity index (χ1v) is 11.1. The first-order chi connectivity index (χ1) is 14.0. The second kappa shape index (κ2) is 8.11. The molecule has 0 unspecified atom stereocenters. The van der Waals surface area contributed by atoms with Crippen LogP contribution >= 0.6 is 11.8 Å². The molecular formula is C23H27N3O2S. The molecule has 2 aliphatic rings. The fourth-order valence-electron chi connectivity index (χ4n) is 4.23. The molecule has 2 aromatic rings. The minimum atomic E-state index is -0.194. The molecule has 0 aliphatic carbocycles. The summed E-state index contributed by atoms with van der Waals surface area (Å²) in [7, 11) is 0. The van der Waals surface area contributed by atoms with E-state index in [1.165, 1.54) is 0 Å². The smallest absolute Gasteiger partial charge is 0.321 e. The Morgan fingerprint density at radius 3 is 2.34 bits per heavy atom. The van der Waals surface area contributed by atoms with Crippen molar-refractivity contribution in [1.29, 1.82) is 0 Å². The molecule has 0 aromatic heterocycles. The molecule has 29 heavy (non-hydrogen) atoms. The quantitative estimate of drug-likeness (QED) is 0.794. The van der Waals surface area contributed by atoms with Crippen molar-refractivity contribution in [2.75, 3.05) is 30.7 Å². The predicted molar refractivity (Wildman–Crippen MR) is 118 cm³/mol. The van der Waals surface area contributed by atoms with Gasteiger partial charge in [-0.3, -0.25) is 4.79 Å². The monoisotopic (exact) mass is 409 g/mol. The number of amides is 3. The number of piperidine rings is 1. The van der Waals surface area contributed by atoms with Crippen molar-refractivity contribution in [3.63, 3.8) is 0 Å². The Labute approximate surface area is 176 Å². The number of hydrogen-bond donors (Lipinski definition) is 1. The van der Waals surface area contributed by atoms with E-state index in [0.717, 1.165) is 47.5 Å². The summed E-state index contributed by atoms with van der Waals surface area (Å²) in [6.07, 6.45) is 1.60. The molecule has 1 spiro atoms. The Balaban J connectivity index is 1.42. The number of benzene rings is 2. The second-order valence-electron chi connectivity index (χ2n) is 7.91. The molecule has 152 valence electrons. The Morgan fingerprint density at radius 2 is 1.66 bits per heavy atom. The Bertz CT molecular complexity index is 922. The molecule has 2 heterocycles. The van der Waals surface area contributed by atoms with Crippen molar-refractivity contribution in [3.05, 3.63) is 65.2 Å². The minimum Gasteiger partial charge on any atom is -0.324 e. The van der Waals surface area contributed by atoms with E-state index in [1.807, 2.05) is 83.9 Å². The molecule has 4 rings (SSSR count). The van der Waals surface area contributed by atoms with Crippen LogP contribution < -0.4 is 5.32 Å². The van der Waals surface area contributed by atoms with Gasteiger partial charge in [-0.1, -0.05) is 29.8 Å². The highest BCUT2D eigenvalue weighted by molar-refractivity contribution is 8.00. The van der Waals surface area contributed by atoms with Crippen LogP contribution in [0.3, 0.4) is 0 Å². The maximum atomic E-state index is 13.2. The maximum Gasteiger partial charge on any atom is 0.321 e. The van der Waals surface area contributed by atoms with Crippen molar-refractivity contribution in [2.45, 2.75) is 31.6 Å². The third-order valence-electron chi connectivity index (χ3n) is 5.79. The van der Waals surface area contributed by atoms with Gasteiger partial charge in [-0.25, -0.2) is 4.79 Å². The fraction of sp³-hybridized carbons (Fsp3) is 0.391. The number of urea groups is 1. The molecule has 2 aliphatic heterocycles. The number of nitrogens with one attached hydrogen (secondary N) is 1. The van der Waals surface area contributed by atoms with Crippen LogP contribution in [-0.4, -0.2) is 52.0 Å². The summed E-state index contributed by atoms with van der Waals surface area (Å²) in [6, 6.07) is 15.6. The number of nitrogens with zero attached hydrogens (tertiary/aromatic N) is 2. The summed E-state index contributed by atoms with van der Waals surface area (Å²) < 4.78 is 0. The number of hydrogen-bond acceptors (Lipinski definition) is 3. The fourth-order valence-corrected chi connectivity index (χ4v) is 5.68. The van der Waals surface area contributed by atoms with Gasteiger partial charge in [0.25, 0.3) is 5.91 Å². The summed E-state index contributed by atoms with van der Waals surface area (Å²) in [4.78, 5) is 29.6. The summed E-state index contributed by atoms with van der Waals surface area (Å²) in [5, 5.41) is 3.00. The Morgan fingerprint density at radius 1 is 0.966 bits per heavy atom. The highest BCUT2D eigenvalue weighted by Gasteiger charge is 2.47. The second-order valence-corrected chi connectivity index (χ2v) is 9.36. The zero-order valence-corrected chi connectivity index (χ0v) is 17.8. The summed E-state index contributed by atoms with van der Waals surface area (Å²) >= 11 is 1.87. The van der Waals surface area contributed by atoms with Crippen LogP contribution in [0.4, 0.5) is 10.5 Å². The lowest BCUT2D eigenvalue weighted by atomic mass is 10.0. The third-order valence-corrected chi connectivity index (χ3v) is 7.34. The van der Waals surface area contributed by atoms with Gasteiger partial charge < -0.3 is 15.1 Å². The highest BCUT2D eigenvalue weighted by atomic mass is 32.2. The maximum absolute atomic E-state index is 13.2. The molecule has 0 bridgehead atoms. The predicted octanol–water partition coefficient (Wildman–Crippen LogP) is 4.52. The van der Waals surface area contributed by atoms with Crippen LogP contribution in [0.1, 0.15) is 34.3 Å². The van der Waals surface area contributed by atoms with Crippen LogP contribution in [0.25, 0.3) is 0 Å². The van der Waals surface area contributed by atoms with Crippen molar-refractivity contribution in [1.82, 2.24) is 9.80 Å². The summed E-state index contributed by atoms with van der Waals surface area (Å²) in [5.41, 5.74) is 3.79. The number of rotatable bonds is 2. The molecule has 2 fully saturated rings. The molecule has 5 nitrogen and oxygen atoms in total. The molecule has 6 heteroatoms. The number of thioether (sulfide) groups is 1. The van der Waals surface area contributed by atoms with Gasteiger partial charge in [-0.05, 0) is 56.5 Å². The number of carbonyl (C=O) groups excluding carboxylic acids is 2. The molecule has 2 aromatic carbocycles. The summed E-state index contributed by atoms with van der Waals surface area (Å²) in [5.74, 6) is 1.06. The van der Waals surface area contributed by atoms with E-state index in [4.69, 9.17) is 0 Å². The average Bonchev–Trinajstić information content (AvgIpc) is 3.11. The molecule has 2 saturated heterocycles. The van der Waals surface area contributed by atoms with Crippen LogP contribution in [-0.2, 0) is 0 Å². The van der Waals surface area contributed by atoms with Gasteiger partial charge >= 0.3 is 6.03 Å². The van der Waals surface area contributed by atoms with Gasteiger partial charge in [0.1, 0.15) is 0 Å². The minimum absolute atomic E-state index is 0.0648. The van der Waals surface area contributed by atoms with E-state index in [9.17, 15) is 9.59 Å². The van der Waals surface area contributed by atoms with Gasteiger partial charge in [0.2, 0.25) is 0 Å². The van der Waals surface area contributed by atoms with Crippen LogP contribution in [0.5, 0.6) is 0 Å². The van der Waals surface area contributed by atoms with Crippen LogP contribution in [0.15, 0.2) is 48.5 Å². The lowest BCUT2D eigenvalue weighted by molar-refractivity contribution is 0.0585. The molecule has 3 amide bonds. The molecule has 0 atom stereocenters. The SMILES string of the molecule is Cc1cccc(NC(=O)N2CCC3(CC2)SCCN3C(=O)c2cccc(C)c2)c1. The van der Waals surface area contributed by atoms with Crippen LogP contribution in [0, 0.1) is 13.8 Å². The summed E-state index contributed by atoms with van der Waals surface area (Å²) in [6.45, 7) is 6.10. The number of aryl methyl sites for hydroxylation is 2. The van der Waals surface area contributed by atoms with Gasteiger partial charge in [-0.2, -0.15) is 0 Å². The number of likely N-dealkylation sites (tertiary alicyclic amines) is 1. The molecular weight excluding hydrogens is 382 g/mol. The lowest BCUT2D eigenvalue weighted by Gasteiger charge is -2.44. The van der Waals surface area contributed by atoms with Crippen molar-refractivity contribution >= 4 is 29.4 Å². The molecule has 0 saturated carbocycles. The topological polar surface area (TPSA) is 52.7 Å². The highest BCUT2D eigenvalue weighted by Crippen LogP contribution is 2.44. The van der Waals surface area contributed by atoms with Crippen LogP contribution in [0.2, 0.25) is 0 Å². The lowest BCUT2D eigenvalue weighted by Crippen LogP contribution is -2.54. The van der Waals surface area contributed by atoms with Crippen molar-refractivity contribution in [3.8, 4) is 0 Å².